The van der Waals surface area contributed by atoms with E-state index in [0.717, 1.165) is 25.3 Å². The summed E-state index contributed by atoms with van der Waals surface area (Å²) in [6.07, 6.45) is 4.82. The van der Waals surface area contributed by atoms with Crippen LogP contribution in [-0.2, 0) is 0 Å². The van der Waals surface area contributed by atoms with Gasteiger partial charge in [-0.1, -0.05) is 31.5 Å². The first-order valence-corrected chi connectivity index (χ1v) is 6.37. The molecule has 0 bridgehead atoms. The van der Waals surface area contributed by atoms with Crippen LogP contribution in [0.1, 0.15) is 44.2 Å². The van der Waals surface area contributed by atoms with Gasteiger partial charge in [-0.05, 0) is 31.9 Å². The zero-order valence-electron chi connectivity index (χ0n) is 10.0. The van der Waals surface area contributed by atoms with E-state index in [1.54, 1.807) is 0 Å². The van der Waals surface area contributed by atoms with Gasteiger partial charge in [0.25, 0.3) is 0 Å². The Kier molecular flexibility index (Phi) is 4.23. The van der Waals surface area contributed by atoms with E-state index >= 15 is 0 Å². The van der Waals surface area contributed by atoms with Crippen LogP contribution in [-0.4, -0.2) is 13.2 Å². The second-order valence-corrected chi connectivity index (χ2v) is 4.39. The van der Waals surface area contributed by atoms with E-state index in [9.17, 15) is 0 Å². The number of rotatable bonds is 5. The van der Waals surface area contributed by atoms with Gasteiger partial charge in [0, 0.05) is 11.6 Å². The molecule has 2 nitrogen and oxygen atoms in total. The molecule has 1 N–H and O–H groups in total. The van der Waals surface area contributed by atoms with Crippen LogP contribution < -0.4 is 10.1 Å². The van der Waals surface area contributed by atoms with Gasteiger partial charge in [-0.25, -0.2) is 0 Å². The summed E-state index contributed by atoms with van der Waals surface area (Å²) in [5.74, 6) is 1.07. The van der Waals surface area contributed by atoms with Crippen LogP contribution in [0.5, 0.6) is 5.75 Å². The number of para-hydroxylation sites is 1. The molecule has 0 spiro atoms. The van der Waals surface area contributed by atoms with Crippen LogP contribution in [0.3, 0.4) is 0 Å². The highest BCUT2D eigenvalue weighted by Crippen LogP contribution is 2.30. The first-order chi connectivity index (χ1) is 7.92. The van der Waals surface area contributed by atoms with Crippen molar-refractivity contribution in [3.63, 3.8) is 0 Å². The predicted molar refractivity (Wildman–Crippen MR) is 66.8 cm³/mol. The summed E-state index contributed by atoms with van der Waals surface area (Å²) in [7, 11) is 0. The molecule has 0 aliphatic carbocycles. The maximum absolute atomic E-state index is 5.85. The van der Waals surface area contributed by atoms with Crippen molar-refractivity contribution < 1.29 is 4.74 Å². The third kappa shape index (κ3) is 2.76. The van der Waals surface area contributed by atoms with E-state index in [1.165, 1.54) is 24.8 Å². The summed E-state index contributed by atoms with van der Waals surface area (Å²) >= 11 is 0. The lowest BCUT2D eigenvalue weighted by Crippen LogP contribution is -2.14. The third-order valence-corrected chi connectivity index (χ3v) is 3.11. The van der Waals surface area contributed by atoms with Crippen LogP contribution in [0.4, 0.5) is 0 Å². The first-order valence-electron chi connectivity index (χ1n) is 6.37. The van der Waals surface area contributed by atoms with E-state index in [2.05, 4.69) is 36.5 Å². The van der Waals surface area contributed by atoms with Crippen LogP contribution in [0.25, 0.3) is 0 Å². The fourth-order valence-corrected chi connectivity index (χ4v) is 2.18. The normalized spacial score (nSPS) is 19.9. The molecule has 1 atom stereocenters. The quantitative estimate of drug-likeness (QED) is 0.767. The Morgan fingerprint density at radius 2 is 2.25 bits per heavy atom. The van der Waals surface area contributed by atoms with Gasteiger partial charge in [0.2, 0.25) is 0 Å². The third-order valence-electron chi connectivity index (χ3n) is 3.11. The topological polar surface area (TPSA) is 21.3 Å². The van der Waals surface area contributed by atoms with Gasteiger partial charge >= 0.3 is 0 Å². The van der Waals surface area contributed by atoms with Gasteiger partial charge in [-0.2, -0.15) is 0 Å². The molecule has 0 saturated carbocycles. The molecular formula is C14H21NO. The highest BCUT2D eigenvalue weighted by Gasteiger charge is 2.19. The lowest BCUT2D eigenvalue weighted by molar-refractivity contribution is 0.303. The zero-order chi connectivity index (χ0) is 11.2. The van der Waals surface area contributed by atoms with E-state index in [1.807, 2.05) is 0 Å². The van der Waals surface area contributed by atoms with E-state index < -0.39 is 0 Å². The van der Waals surface area contributed by atoms with Gasteiger partial charge in [-0.3, -0.25) is 0 Å². The monoisotopic (exact) mass is 219 g/mol. The molecule has 2 heteroatoms. The molecule has 1 saturated heterocycles. The molecule has 2 rings (SSSR count). The smallest absolute Gasteiger partial charge is 0.124 e. The summed E-state index contributed by atoms with van der Waals surface area (Å²) in [6.45, 7) is 4.15. The minimum absolute atomic E-state index is 0.498. The molecule has 0 amide bonds. The van der Waals surface area contributed by atoms with Crippen LogP contribution in [0.2, 0.25) is 0 Å². The Labute approximate surface area is 98.0 Å². The molecule has 1 unspecified atom stereocenters. The molecule has 1 fully saturated rings. The molecule has 1 aliphatic heterocycles. The maximum Gasteiger partial charge on any atom is 0.124 e. The molecular weight excluding hydrogens is 198 g/mol. The number of hydrogen-bond donors (Lipinski definition) is 1. The highest BCUT2D eigenvalue weighted by atomic mass is 16.5. The van der Waals surface area contributed by atoms with Crippen molar-refractivity contribution in [1.29, 1.82) is 0 Å². The first kappa shape index (κ1) is 11.5. The number of unbranched alkanes of at least 4 members (excludes halogenated alkanes) is 1. The average molecular weight is 219 g/mol. The van der Waals surface area contributed by atoms with Crippen molar-refractivity contribution in [2.24, 2.45) is 0 Å². The standard InChI is InChI=1S/C14H21NO/c1-2-3-11-16-14-9-5-4-7-12(14)13-8-6-10-15-13/h4-5,7,9,13,15H,2-3,6,8,10-11H2,1H3. The number of nitrogens with one attached hydrogen (secondary N) is 1. The lowest BCUT2D eigenvalue weighted by Gasteiger charge is -2.16. The second-order valence-electron chi connectivity index (χ2n) is 4.39. The van der Waals surface area contributed by atoms with Crippen molar-refractivity contribution in [3.8, 4) is 5.75 Å². The van der Waals surface area contributed by atoms with Crippen LogP contribution >= 0.6 is 0 Å². The predicted octanol–water partition coefficient (Wildman–Crippen LogP) is 3.29. The molecule has 16 heavy (non-hydrogen) atoms. The number of benzene rings is 1. The summed E-state index contributed by atoms with van der Waals surface area (Å²) < 4.78 is 5.85. The molecule has 1 aromatic rings. The largest absolute Gasteiger partial charge is 0.493 e. The Balaban J connectivity index is 2.04. The average Bonchev–Trinajstić information content (AvgIpc) is 2.83. The number of hydrogen-bond acceptors (Lipinski definition) is 2. The lowest BCUT2D eigenvalue weighted by atomic mass is 10.0. The van der Waals surface area contributed by atoms with E-state index in [-0.39, 0.29) is 0 Å². The second kappa shape index (κ2) is 5.90. The summed E-state index contributed by atoms with van der Waals surface area (Å²) in [5, 5.41) is 3.52. The molecule has 1 heterocycles. The van der Waals surface area contributed by atoms with Crippen molar-refractivity contribution in [1.82, 2.24) is 5.32 Å². The minimum atomic E-state index is 0.498. The van der Waals surface area contributed by atoms with Crippen molar-refractivity contribution in [2.45, 2.75) is 38.6 Å². The van der Waals surface area contributed by atoms with Crippen LogP contribution in [0, 0.1) is 0 Å². The summed E-state index contributed by atoms with van der Waals surface area (Å²) in [6, 6.07) is 8.93. The highest BCUT2D eigenvalue weighted by molar-refractivity contribution is 5.36. The van der Waals surface area contributed by atoms with Gasteiger partial charge < -0.3 is 10.1 Å². The Bertz CT molecular complexity index is 318. The Hall–Kier alpha value is -1.02. The van der Waals surface area contributed by atoms with Crippen molar-refractivity contribution >= 4 is 0 Å². The van der Waals surface area contributed by atoms with Gasteiger partial charge in [0.05, 0.1) is 6.61 Å². The van der Waals surface area contributed by atoms with Gasteiger partial charge in [0.1, 0.15) is 5.75 Å². The molecule has 1 aliphatic rings. The number of ether oxygens (including phenoxy) is 1. The van der Waals surface area contributed by atoms with Crippen LogP contribution in [0.15, 0.2) is 24.3 Å². The van der Waals surface area contributed by atoms with Gasteiger partial charge in [0.15, 0.2) is 0 Å². The molecule has 0 aromatic heterocycles. The van der Waals surface area contributed by atoms with Crippen molar-refractivity contribution in [3.05, 3.63) is 29.8 Å². The molecule has 88 valence electrons. The van der Waals surface area contributed by atoms with E-state index in [0.29, 0.717) is 6.04 Å². The van der Waals surface area contributed by atoms with Gasteiger partial charge in [-0.15, -0.1) is 0 Å². The fourth-order valence-electron chi connectivity index (χ4n) is 2.18. The minimum Gasteiger partial charge on any atom is -0.493 e. The summed E-state index contributed by atoms with van der Waals surface area (Å²) in [5.41, 5.74) is 1.33. The fraction of sp³-hybridized carbons (Fsp3) is 0.571. The maximum atomic E-state index is 5.85. The molecule has 0 radical (unpaired) electrons. The zero-order valence-corrected chi connectivity index (χ0v) is 10.0. The Morgan fingerprint density at radius 1 is 1.38 bits per heavy atom. The van der Waals surface area contributed by atoms with Crippen molar-refractivity contribution in [2.75, 3.05) is 13.2 Å². The summed E-state index contributed by atoms with van der Waals surface area (Å²) in [4.78, 5) is 0. The SMILES string of the molecule is CCCCOc1ccccc1C1CCCN1. The Morgan fingerprint density at radius 3 is 3.00 bits per heavy atom. The molecule has 1 aromatic carbocycles. The van der Waals surface area contributed by atoms with E-state index in [4.69, 9.17) is 4.74 Å².